The molecule has 0 radical (unpaired) electrons. The molecule has 39 heavy (non-hydrogen) atoms. The van der Waals surface area contributed by atoms with E-state index in [-0.39, 0.29) is 39.3 Å². The molecule has 2 aliphatic rings. The number of alkyl halides is 3. The Morgan fingerprint density at radius 3 is 2.51 bits per heavy atom. The van der Waals surface area contributed by atoms with Crippen molar-refractivity contribution in [1.29, 1.82) is 0 Å². The number of carbonyl (C=O) groups is 3. The number of halogens is 6. The molecule has 8 nitrogen and oxygen atoms in total. The van der Waals surface area contributed by atoms with Gasteiger partial charge in [-0.1, -0.05) is 11.6 Å². The van der Waals surface area contributed by atoms with Gasteiger partial charge in [-0.2, -0.15) is 13.2 Å². The van der Waals surface area contributed by atoms with Crippen LogP contribution in [0.4, 0.5) is 33.3 Å². The third-order valence-electron chi connectivity index (χ3n) is 6.15. The van der Waals surface area contributed by atoms with Crippen LogP contribution in [0.3, 0.4) is 0 Å². The highest BCUT2D eigenvalue weighted by atomic mass is 35.5. The third kappa shape index (κ3) is 4.42. The molecule has 14 heteroatoms. The summed E-state index contributed by atoms with van der Waals surface area (Å²) in [4.78, 5) is 38.5. The molecule has 5 rings (SSSR count). The maximum absolute atomic E-state index is 14.2. The molecule has 2 heterocycles. The summed E-state index contributed by atoms with van der Waals surface area (Å²) in [6.07, 6.45) is -6.01. The molecule has 0 bridgehead atoms. The lowest BCUT2D eigenvalue weighted by Crippen LogP contribution is -2.41. The number of aliphatic hydroxyl groups is 1. The second-order valence-corrected chi connectivity index (χ2v) is 9.17. The average Bonchev–Trinajstić information content (AvgIpc) is 3.12. The summed E-state index contributed by atoms with van der Waals surface area (Å²) in [5, 5.41) is 18.5. The summed E-state index contributed by atoms with van der Waals surface area (Å²) in [5.41, 5.74) is -6.47. The molecule has 0 aromatic heterocycles. The second-order valence-electron chi connectivity index (χ2n) is 8.77. The molecule has 2 atom stereocenters. The smallest absolute Gasteiger partial charge is 0.416 e. The number of ether oxygens (including phenoxy) is 1. The fourth-order valence-corrected chi connectivity index (χ4v) is 4.64. The summed E-state index contributed by atoms with van der Waals surface area (Å²) in [5.74, 6) is -5.20. The van der Waals surface area contributed by atoms with Gasteiger partial charge in [-0.05, 0) is 43.3 Å². The molecule has 202 valence electrons. The number of anilines is 2. The highest BCUT2D eigenvalue weighted by molar-refractivity contribution is 6.31. The van der Waals surface area contributed by atoms with E-state index in [1.165, 1.54) is 6.92 Å². The SMILES string of the molecule is CC1Oc2cc(NC(=O)c3cc(F)cc(C(F)(F)F)c3)c3c(c2NC1=O)C(=O)NC3(O)c1cc(F)ccc1Cl. The maximum atomic E-state index is 14.2. The molecule has 4 N–H and O–H groups in total. The molecular formula is C25H15ClF5N3O5. The van der Waals surface area contributed by atoms with E-state index in [9.17, 15) is 41.4 Å². The van der Waals surface area contributed by atoms with Crippen LogP contribution in [0.15, 0.2) is 42.5 Å². The first-order chi connectivity index (χ1) is 18.2. The Morgan fingerprint density at radius 1 is 1.10 bits per heavy atom. The number of rotatable bonds is 3. The van der Waals surface area contributed by atoms with Gasteiger partial charge in [0.25, 0.3) is 17.7 Å². The molecule has 2 aliphatic heterocycles. The van der Waals surface area contributed by atoms with Crippen LogP contribution in [0.25, 0.3) is 0 Å². The molecule has 0 spiro atoms. The summed E-state index contributed by atoms with van der Waals surface area (Å²) < 4.78 is 73.3. The highest BCUT2D eigenvalue weighted by Gasteiger charge is 2.49. The molecule has 0 aliphatic carbocycles. The molecule has 0 saturated heterocycles. The lowest BCUT2D eigenvalue weighted by Gasteiger charge is -2.30. The second kappa shape index (κ2) is 8.92. The molecule has 2 unspecified atom stereocenters. The predicted molar refractivity (Wildman–Crippen MR) is 126 cm³/mol. The summed E-state index contributed by atoms with van der Waals surface area (Å²) >= 11 is 6.19. The lowest BCUT2D eigenvalue weighted by atomic mass is 9.91. The molecule has 3 aromatic rings. The Morgan fingerprint density at radius 2 is 1.82 bits per heavy atom. The monoisotopic (exact) mass is 567 g/mol. The standard InChI is InChI=1S/C25H15ClF5N3O5/c1-9-21(35)33-20-17(39-9)8-16(32-22(36)10-4-11(25(29,30)31)6-13(28)5-10)19-18(20)23(37)34-24(19,38)14-7-12(27)2-3-15(14)26/h2-9,38H,1H3,(H,32,36)(H,33,35)(H,34,37). The first kappa shape index (κ1) is 26.4. The minimum absolute atomic E-state index is 0.129. The van der Waals surface area contributed by atoms with Crippen LogP contribution < -0.4 is 20.7 Å². The van der Waals surface area contributed by atoms with Crippen LogP contribution in [0.1, 0.15) is 44.3 Å². The Bertz CT molecular complexity index is 1600. The van der Waals surface area contributed by atoms with E-state index in [2.05, 4.69) is 16.0 Å². The van der Waals surface area contributed by atoms with Crippen LogP contribution in [0, 0.1) is 11.6 Å². The largest absolute Gasteiger partial charge is 0.479 e. The number of carbonyl (C=O) groups excluding carboxylic acids is 3. The molecule has 0 fully saturated rings. The molecular weight excluding hydrogens is 553 g/mol. The first-order valence-corrected chi connectivity index (χ1v) is 11.5. The zero-order valence-corrected chi connectivity index (χ0v) is 20.2. The number of amides is 3. The van der Waals surface area contributed by atoms with Crippen LogP contribution in [0.5, 0.6) is 5.75 Å². The van der Waals surface area contributed by atoms with Crippen LogP contribution in [-0.4, -0.2) is 28.9 Å². The zero-order valence-electron chi connectivity index (χ0n) is 19.5. The fourth-order valence-electron chi connectivity index (χ4n) is 4.39. The topological polar surface area (TPSA) is 117 Å². The van der Waals surface area contributed by atoms with Gasteiger partial charge in [-0.25, -0.2) is 8.78 Å². The Hall–Kier alpha value is -4.23. The number of hydrogen-bond acceptors (Lipinski definition) is 5. The summed E-state index contributed by atoms with van der Waals surface area (Å²) in [6, 6.07) is 5.18. The van der Waals surface area contributed by atoms with E-state index in [0.717, 1.165) is 24.3 Å². The fraction of sp³-hybridized carbons (Fsp3) is 0.160. The van der Waals surface area contributed by atoms with Gasteiger partial charge < -0.3 is 25.8 Å². The van der Waals surface area contributed by atoms with Gasteiger partial charge in [0.2, 0.25) is 0 Å². The van der Waals surface area contributed by atoms with Gasteiger partial charge in [0.1, 0.15) is 17.4 Å². The number of fused-ring (bicyclic) bond motifs is 3. The summed E-state index contributed by atoms with van der Waals surface area (Å²) in [7, 11) is 0. The van der Waals surface area contributed by atoms with Crippen molar-refractivity contribution in [2.24, 2.45) is 0 Å². The zero-order chi connectivity index (χ0) is 28.4. The molecule has 3 aromatic carbocycles. The highest BCUT2D eigenvalue weighted by Crippen LogP contribution is 2.49. The predicted octanol–water partition coefficient (Wildman–Crippen LogP) is 4.55. The Labute approximate surface area is 220 Å². The van der Waals surface area contributed by atoms with Gasteiger partial charge in [0, 0.05) is 27.8 Å². The Balaban J connectivity index is 1.71. The first-order valence-electron chi connectivity index (χ1n) is 11.1. The van der Waals surface area contributed by atoms with Crippen molar-refractivity contribution < 1.29 is 46.2 Å². The third-order valence-corrected chi connectivity index (χ3v) is 6.48. The van der Waals surface area contributed by atoms with Gasteiger partial charge in [-0.3, -0.25) is 14.4 Å². The van der Waals surface area contributed by atoms with Gasteiger partial charge in [-0.15, -0.1) is 0 Å². The van der Waals surface area contributed by atoms with E-state index in [0.29, 0.717) is 12.1 Å². The van der Waals surface area contributed by atoms with Crippen molar-refractivity contribution in [3.8, 4) is 5.75 Å². The van der Waals surface area contributed by atoms with Crippen LogP contribution in [0.2, 0.25) is 5.02 Å². The van der Waals surface area contributed by atoms with E-state index in [1.54, 1.807) is 0 Å². The normalized spacial score (nSPS) is 19.9. The van der Waals surface area contributed by atoms with Crippen molar-refractivity contribution in [2.45, 2.75) is 24.9 Å². The minimum atomic E-state index is -4.96. The molecule has 0 saturated carbocycles. The van der Waals surface area contributed by atoms with Crippen LogP contribution >= 0.6 is 11.6 Å². The number of hydrogen-bond donors (Lipinski definition) is 4. The van der Waals surface area contributed by atoms with E-state index < -0.39 is 64.1 Å². The maximum Gasteiger partial charge on any atom is 0.416 e. The minimum Gasteiger partial charge on any atom is -0.479 e. The average molecular weight is 568 g/mol. The van der Waals surface area contributed by atoms with Crippen molar-refractivity contribution >= 4 is 40.7 Å². The number of benzene rings is 3. The molecule has 3 amide bonds. The van der Waals surface area contributed by atoms with Crippen molar-refractivity contribution in [3.05, 3.63) is 86.9 Å². The quantitative estimate of drug-likeness (QED) is 0.347. The Kier molecular flexibility index (Phi) is 6.03. The van der Waals surface area contributed by atoms with E-state index in [1.807, 2.05) is 0 Å². The number of nitrogens with one attached hydrogen (secondary N) is 3. The van der Waals surface area contributed by atoms with E-state index in [4.69, 9.17) is 16.3 Å². The lowest BCUT2D eigenvalue weighted by molar-refractivity contribution is -0.137. The van der Waals surface area contributed by atoms with Crippen molar-refractivity contribution in [3.63, 3.8) is 0 Å². The van der Waals surface area contributed by atoms with E-state index >= 15 is 0 Å². The van der Waals surface area contributed by atoms with Gasteiger partial charge in [0.05, 0.1) is 22.5 Å². The van der Waals surface area contributed by atoms with Crippen LogP contribution in [-0.2, 0) is 16.7 Å². The van der Waals surface area contributed by atoms with Gasteiger partial charge in [0.15, 0.2) is 11.8 Å². The summed E-state index contributed by atoms with van der Waals surface area (Å²) in [6.45, 7) is 1.39. The van der Waals surface area contributed by atoms with Gasteiger partial charge >= 0.3 is 6.18 Å². The van der Waals surface area contributed by atoms with Crippen molar-refractivity contribution in [2.75, 3.05) is 10.6 Å². The van der Waals surface area contributed by atoms with Crippen molar-refractivity contribution in [1.82, 2.24) is 5.32 Å².